The van der Waals surface area contributed by atoms with Crippen molar-refractivity contribution in [1.29, 1.82) is 0 Å². The lowest BCUT2D eigenvalue weighted by atomic mass is 9.98. The molecule has 0 unspecified atom stereocenters. The fraction of sp³-hybridized carbons (Fsp3) is 0.333. The maximum absolute atomic E-state index is 13.3. The van der Waals surface area contributed by atoms with Crippen LogP contribution in [0.3, 0.4) is 0 Å². The second-order valence-corrected chi connectivity index (χ2v) is 8.78. The zero-order chi connectivity index (χ0) is 23.2. The van der Waals surface area contributed by atoms with Gasteiger partial charge in [0.05, 0.1) is 23.9 Å². The fourth-order valence-corrected chi connectivity index (χ4v) is 4.03. The van der Waals surface area contributed by atoms with Crippen LogP contribution < -0.4 is 15.4 Å². The van der Waals surface area contributed by atoms with E-state index in [4.69, 9.17) is 9.47 Å². The highest BCUT2D eigenvalue weighted by molar-refractivity contribution is 6.08. The van der Waals surface area contributed by atoms with Crippen molar-refractivity contribution in [3.63, 3.8) is 0 Å². The number of fused-ring (bicyclic) bond motifs is 2. The summed E-state index contributed by atoms with van der Waals surface area (Å²) in [5.41, 5.74) is 2.76. The Bertz CT molecular complexity index is 1240. The Morgan fingerprint density at radius 2 is 2.00 bits per heavy atom. The average Bonchev–Trinajstić information content (AvgIpc) is 3.28. The smallest absolute Gasteiger partial charge is 0.419 e. The van der Waals surface area contributed by atoms with E-state index in [0.717, 1.165) is 10.9 Å². The van der Waals surface area contributed by atoms with E-state index >= 15 is 0 Å². The summed E-state index contributed by atoms with van der Waals surface area (Å²) >= 11 is 0. The van der Waals surface area contributed by atoms with Crippen LogP contribution in [0.4, 0.5) is 4.79 Å². The van der Waals surface area contributed by atoms with E-state index in [1.807, 2.05) is 31.3 Å². The molecule has 4 rings (SSSR count). The third kappa shape index (κ3) is 3.67. The number of carbonyl (C=O) groups excluding carboxylic acids is 2. The third-order valence-corrected chi connectivity index (χ3v) is 5.34. The molecule has 2 heterocycles. The van der Waals surface area contributed by atoms with Gasteiger partial charge in [0.15, 0.2) is 11.5 Å². The van der Waals surface area contributed by atoms with E-state index in [1.165, 1.54) is 11.7 Å². The van der Waals surface area contributed by atoms with Crippen molar-refractivity contribution < 1.29 is 24.2 Å². The molecule has 0 spiro atoms. The lowest BCUT2D eigenvalue weighted by Crippen LogP contribution is -2.27. The van der Waals surface area contributed by atoms with Crippen molar-refractivity contribution in [1.82, 2.24) is 15.2 Å². The van der Waals surface area contributed by atoms with Gasteiger partial charge in [0.25, 0.3) is 5.91 Å². The molecule has 1 aliphatic rings. The molecule has 8 heteroatoms. The number of aromatic hydroxyl groups is 1. The van der Waals surface area contributed by atoms with Crippen LogP contribution in [0.15, 0.2) is 30.3 Å². The number of ether oxygens (including phenoxy) is 2. The van der Waals surface area contributed by atoms with Gasteiger partial charge in [-0.25, -0.2) is 9.36 Å². The number of carbonyl (C=O) groups is 2. The lowest BCUT2D eigenvalue weighted by molar-refractivity contribution is 0.0547. The van der Waals surface area contributed by atoms with Crippen LogP contribution in [-0.4, -0.2) is 41.4 Å². The largest absolute Gasteiger partial charge is 0.504 e. The van der Waals surface area contributed by atoms with Crippen molar-refractivity contribution in [3.05, 3.63) is 47.0 Å². The molecule has 3 N–H and O–H groups in total. The van der Waals surface area contributed by atoms with E-state index in [2.05, 4.69) is 10.6 Å². The van der Waals surface area contributed by atoms with Gasteiger partial charge in [-0.3, -0.25) is 4.79 Å². The van der Waals surface area contributed by atoms with Crippen molar-refractivity contribution in [2.45, 2.75) is 39.5 Å². The van der Waals surface area contributed by atoms with Gasteiger partial charge >= 0.3 is 6.09 Å². The highest BCUT2D eigenvalue weighted by Crippen LogP contribution is 2.43. The maximum Gasteiger partial charge on any atom is 0.419 e. The first-order valence-corrected chi connectivity index (χ1v) is 10.4. The van der Waals surface area contributed by atoms with Gasteiger partial charge in [0, 0.05) is 29.6 Å². The van der Waals surface area contributed by atoms with Crippen LogP contribution in [0.1, 0.15) is 42.3 Å². The summed E-state index contributed by atoms with van der Waals surface area (Å²) in [7, 11) is 3.31. The topological polar surface area (TPSA) is 102 Å². The zero-order valence-corrected chi connectivity index (χ0v) is 18.8. The molecule has 0 radical (unpaired) electrons. The van der Waals surface area contributed by atoms with Gasteiger partial charge in [0.1, 0.15) is 5.60 Å². The summed E-state index contributed by atoms with van der Waals surface area (Å²) in [4.78, 5) is 26.0. The number of methoxy groups -OCH3 is 1. The van der Waals surface area contributed by atoms with Crippen molar-refractivity contribution in [2.24, 2.45) is 0 Å². The first-order valence-electron chi connectivity index (χ1n) is 10.4. The van der Waals surface area contributed by atoms with Crippen LogP contribution in [0.5, 0.6) is 11.5 Å². The summed E-state index contributed by atoms with van der Waals surface area (Å²) in [5.74, 6) is -0.169. The number of aromatic nitrogens is 1. The average molecular weight is 437 g/mol. The van der Waals surface area contributed by atoms with Crippen molar-refractivity contribution in [2.75, 3.05) is 14.2 Å². The Kier molecular flexibility index (Phi) is 5.34. The Hall–Kier alpha value is -3.52. The second kappa shape index (κ2) is 7.87. The van der Waals surface area contributed by atoms with E-state index in [1.54, 1.807) is 26.8 Å². The molecular formula is C24H27N3O5. The first kappa shape index (κ1) is 21.7. The number of rotatable bonds is 4. The van der Waals surface area contributed by atoms with Gasteiger partial charge in [-0.1, -0.05) is 6.07 Å². The number of hydrogen-bond donors (Lipinski definition) is 3. The minimum atomic E-state index is -0.705. The van der Waals surface area contributed by atoms with E-state index in [0.29, 0.717) is 34.4 Å². The SMILES string of the molecule is CNCc1ccc2c(c1)cc(-c1cc(OC)c(O)c3c1C(=O)NC3)n2C(=O)OC(C)(C)C. The molecule has 168 valence electrons. The molecule has 1 amide bonds. The number of hydrogen-bond acceptors (Lipinski definition) is 6. The van der Waals surface area contributed by atoms with E-state index < -0.39 is 11.7 Å². The highest BCUT2D eigenvalue weighted by atomic mass is 16.6. The van der Waals surface area contributed by atoms with Crippen LogP contribution in [0.25, 0.3) is 22.2 Å². The minimum Gasteiger partial charge on any atom is -0.504 e. The van der Waals surface area contributed by atoms with Gasteiger partial charge in [-0.15, -0.1) is 0 Å². The normalized spacial score (nSPS) is 13.2. The Labute approximate surface area is 186 Å². The maximum atomic E-state index is 13.3. The Morgan fingerprint density at radius 1 is 1.25 bits per heavy atom. The quantitative estimate of drug-likeness (QED) is 0.574. The van der Waals surface area contributed by atoms with Gasteiger partial charge < -0.3 is 25.2 Å². The van der Waals surface area contributed by atoms with Gasteiger partial charge in [-0.05, 0) is 57.6 Å². The number of nitrogens with one attached hydrogen (secondary N) is 2. The molecule has 32 heavy (non-hydrogen) atoms. The van der Waals surface area contributed by atoms with Crippen molar-refractivity contribution in [3.8, 4) is 22.8 Å². The molecule has 0 bridgehead atoms. The van der Waals surface area contributed by atoms with Crippen molar-refractivity contribution >= 4 is 22.9 Å². The first-order chi connectivity index (χ1) is 15.1. The predicted octanol–water partition coefficient (Wildman–Crippen LogP) is 3.77. The molecule has 1 aliphatic heterocycles. The fourth-order valence-electron chi connectivity index (χ4n) is 4.03. The molecular weight excluding hydrogens is 410 g/mol. The van der Waals surface area contributed by atoms with Crippen LogP contribution in [-0.2, 0) is 17.8 Å². The molecule has 1 aromatic heterocycles. The van der Waals surface area contributed by atoms with Crippen LogP contribution >= 0.6 is 0 Å². The molecule has 3 aromatic rings. The monoisotopic (exact) mass is 437 g/mol. The number of phenols is 1. The standard InChI is InChI=1S/C24H27N3O5/c1-24(2,3)32-23(30)27-17-7-6-13(11-25-4)8-14(17)9-18(27)15-10-19(31-5)21(28)16-12-26-22(29)20(15)16/h6-10,25,28H,11-12H2,1-5H3,(H,26,29). The molecule has 0 fully saturated rings. The van der Waals surface area contributed by atoms with Crippen LogP contribution in [0, 0.1) is 0 Å². The number of benzene rings is 2. The third-order valence-electron chi connectivity index (χ3n) is 5.34. The lowest BCUT2D eigenvalue weighted by Gasteiger charge is -2.21. The molecule has 0 atom stereocenters. The van der Waals surface area contributed by atoms with Gasteiger partial charge in [0.2, 0.25) is 0 Å². The Morgan fingerprint density at radius 3 is 2.66 bits per heavy atom. The van der Waals surface area contributed by atoms with Gasteiger partial charge in [-0.2, -0.15) is 0 Å². The predicted molar refractivity (Wildman–Crippen MR) is 121 cm³/mol. The summed E-state index contributed by atoms with van der Waals surface area (Å²) in [5, 5.41) is 17.2. The minimum absolute atomic E-state index is 0.0826. The second-order valence-electron chi connectivity index (χ2n) is 8.78. The van der Waals surface area contributed by atoms with E-state index in [-0.39, 0.29) is 24.0 Å². The summed E-state index contributed by atoms with van der Waals surface area (Å²) in [6.45, 7) is 6.26. The molecule has 8 nitrogen and oxygen atoms in total. The molecule has 2 aromatic carbocycles. The number of amides is 1. The molecule has 0 aliphatic carbocycles. The van der Waals surface area contributed by atoms with E-state index in [9.17, 15) is 14.7 Å². The zero-order valence-electron chi connectivity index (χ0n) is 18.8. The molecule has 0 saturated carbocycles. The summed E-state index contributed by atoms with van der Waals surface area (Å²) < 4.78 is 12.5. The van der Waals surface area contributed by atoms with Crippen LogP contribution in [0.2, 0.25) is 0 Å². The number of phenolic OH excluding ortho intramolecular Hbond substituents is 1. The summed E-state index contributed by atoms with van der Waals surface area (Å²) in [6.07, 6.45) is -0.553. The number of nitrogens with zero attached hydrogens (tertiary/aromatic N) is 1. The highest BCUT2D eigenvalue weighted by Gasteiger charge is 2.32. The molecule has 0 saturated heterocycles. The summed E-state index contributed by atoms with van der Waals surface area (Å²) in [6, 6.07) is 9.25. The Balaban J connectivity index is 2.02.